The van der Waals surface area contributed by atoms with E-state index in [1.807, 2.05) is 31.2 Å². The largest absolute Gasteiger partial charge is 0.464 e. The van der Waals surface area contributed by atoms with Gasteiger partial charge in [0.05, 0.1) is 18.0 Å². The lowest BCUT2D eigenvalue weighted by Gasteiger charge is -2.33. The third-order valence-electron chi connectivity index (χ3n) is 4.43. The molecule has 144 valence electrons. The van der Waals surface area contributed by atoms with Gasteiger partial charge in [0.2, 0.25) is 11.1 Å². The fourth-order valence-electron chi connectivity index (χ4n) is 3.04. The summed E-state index contributed by atoms with van der Waals surface area (Å²) in [7, 11) is 0. The van der Waals surface area contributed by atoms with E-state index in [0.717, 1.165) is 24.1 Å². The fourth-order valence-corrected chi connectivity index (χ4v) is 3.82. The van der Waals surface area contributed by atoms with Crippen LogP contribution in [0.1, 0.15) is 31.7 Å². The number of amides is 1. The molecule has 0 radical (unpaired) electrons. The molecule has 0 unspecified atom stereocenters. The highest BCUT2D eigenvalue weighted by Crippen LogP contribution is 2.23. The Morgan fingerprint density at radius 1 is 1.26 bits per heavy atom. The van der Waals surface area contributed by atoms with Gasteiger partial charge in [0.25, 0.3) is 0 Å². The maximum Gasteiger partial charge on any atom is 0.328 e. The number of tetrazole rings is 1. The number of aromatic nitrogens is 4. The molecule has 1 aromatic carbocycles. The minimum Gasteiger partial charge on any atom is -0.464 e. The number of ether oxygens (including phenoxy) is 1. The van der Waals surface area contributed by atoms with E-state index in [-0.39, 0.29) is 17.6 Å². The second-order valence-corrected chi connectivity index (χ2v) is 7.29. The van der Waals surface area contributed by atoms with Gasteiger partial charge in [0.1, 0.15) is 6.04 Å². The van der Waals surface area contributed by atoms with Crippen LogP contribution < -0.4 is 0 Å². The Kier molecular flexibility index (Phi) is 6.44. The number of carbonyl (C=O) groups excluding carboxylic acids is 2. The lowest BCUT2D eigenvalue weighted by Crippen LogP contribution is -2.49. The molecule has 1 amide bonds. The molecule has 3 rings (SSSR count). The Hall–Kier alpha value is -2.42. The second-order valence-electron chi connectivity index (χ2n) is 6.35. The number of nitrogens with zero attached hydrogens (tertiary/aromatic N) is 5. The maximum absolute atomic E-state index is 12.7. The zero-order valence-corrected chi connectivity index (χ0v) is 16.3. The maximum atomic E-state index is 12.7. The second kappa shape index (κ2) is 8.98. The van der Waals surface area contributed by atoms with Crippen molar-refractivity contribution in [2.75, 3.05) is 18.9 Å². The summed E-state index contributed by atoms with van der Waals surface area (Å²) in [6.45, 7) is 4.67. The quantitative estimate of drug-likeness (QED) is 0.551. The number of aryl methyl sites for hydroxylation is 1. The summed E-state index contributed by atoms with van der Waals surface area (Å²) in [5, 5.41) is 12.3. The summed E-state index contributed by atoms with van der Waals surface area (Å²) in [6, 6.07) is 7.33. The standard InChI is InChI=1S/C18H23N5O3S/c1-3-26-17(25)15-6-4-5-11-22(15)16(24)12-27-18-19-20-21-23(18)14-9-7-13(2)8-10-14/h7-10,15H,3-6,11-12H2,1-2H3/t15-/m1/s1. The van der Waals surface area contributed by atoms with Gasteiger partial charge < -0.3 is 9.64 Å². The molecule has 1 saturated heterocycles. The first-order valence-corrected chi connectivity index (χ1v) is 10.0. The number of likely N-dealkylation sites (tertiary alicyclic amines) is 1. The number of esters is 1. The smallest absolute Gasteiger partial charge is 0.328 e. The molecule has 9 heteroatoms. The van der Waals surface area contributed by atoms with Gasteiger partial charge in [-0.2, -0.15) is 4.68 Å². The number of thioether (sulfide) groups is 1. The highest BCUT2D eigenvalue weighted by molar-refractivity contribution is 7.99. The molecular formula is C18H23N5O3S. The SMILES string of the molecule is CCOC(=O)[C@H]1CCCCN1C(=O)CSc1nnnn1-c1ccc(C)cc1. The van der Waals surface area contributed by atoms with Crippen molar-refractivity contribution in [3.05, 3.63) is 29.8 Å². The Labute approximate surface area is 162 Å². The first kappa shape index (κ1) is 19.3. The van der Waals surface area contributed by atoms with Crippen LogP contribution in [0.5, 0.6) is 0 Å². The number of carbonyl (C=O) groups is 2. The van der Waals surface area contributed by atoms with E-state index in [0.29, 0.717) is 24.7 Å². The average molecular weight is 389 g/mol. The Bertz CT molecular complexity index is 793. The first-order valence-electron chi connectivity index (χ1n) is 9.04. The van der Waals surface area contributed by atoms with Crippen LogP contribution in [-0.4, -0.2) is 61.9 Å². The van der Waals surface area contributed by atoms with Gasteiger partial charge in [-0.15, -0.1) is 5.10 Å². The molecule has 0 aliphatic carbocycles. The molecule has 0 spiro atoms. The van der Waals surface area contributed by atoms with Crippen LogP contribution >= 0.6 is 11.8 Å². The molecule has 0 N–H and O–H groups in total. The summed E-state index contributed by atoms with van der Waals surface area (Å²) >= 11 is 1.27. The summed E-state index contributed by atoms with van der Waals surface area (Å²) in [5.41, 5.74) is 1.98. The summed E-state index contributed by atoms with van der Waals surface area (Å²) < 4.78 is 6.73. The van der Waals surface area contributed by atoms with Gasteiger partial charge in [0, 0.05) is 6.54 Å². The molecule has 1 aliphatic heterocycles. The van der Waals surface area contributed by atoms with Crippen LogP contribution in [0, 0.1) is 6.92 Å². The van der Waals surface area contributed by atoms with Crippen molar-refractivity contribution in [2.24, 2.45) is 0 Å². The molecule has 1 aliphatic rings. The molecule has 1 atom stereocenters. The van der Waals surface area contributed by atoms with E-state index in [1.165, 1.54) is 11.8 Å². The van der Waals surface area contributed by atoms with Crippen LogP contribution in [0.25, 0.3) is 5.69 Å². The van der Waals surface area contributed by atoms with E-state index in [4.69, 9.17) is 4.74 Å². The molecule has 2 aromatic rings. The van der Waals surface area contributed by atoms with Crippen molar-refractivity contribution >= 4 is 23.6 Å². The summed E-state index contributed by atoms with van der Waals surface area (Å²) in [5.74, 6) is -0.251. The normalized spacial score (nSPS) is 17.0. The fraction of sp³-hybridized carbons (Fsp3) is 0.500. The minimum absolute atomic E-state index is 0.101. The predicted molar refractivity (Wildman–Crippen MR) is 101 cm³/mol. The lowest BCUT2D eigenvalue weighted by molar-refractivity contribution is -0.155. The first-order chi connectivity index (χ1) is 13.1. The topological polar surface area (TPSA) is 90.2 Å². The minimum atomic E-state index is -0.486. The Balaban J connectivity index is 1.66. The zero-order chi connectivity index (χ0) is 19.2. The van der Waals surface area contributed by atoms with Crippen LogP contribution in [0.4, 0.5) is 0 Å². The van der Waals surface area contributed by atoms with Crippen LogP contribution in [0.15, 0.2) is 29.4 Å². The van der Waals surface area contributed by atoms with Crippen molar-refractivity contribution in [1.82, 2.24) is 25.1 Å². The molecular weight excluding hydrogens is 366 g/mol. The van der Waals surface area contributed by atoms with Crippen LogP contribution in [0.2, 0.25) is 0 Å². The third-order valence-corrected chi connectivity index (χ3v) is 5.33. The molecule has 0 bridgehead atoms. The van der Waals surface area contributed by atoms with Gasteiger partial charge in [0.15, 0.2) is 0 Å². The third kappa shape index (κ3) is 4.65. The zero-order valence-electron chi connectivity index (χ0n) is 15.5. The van der Waals surface area contributed by atoms with Gasteiger partial charge in [-0.3, -0.25) is 4.79 Å². The average Bonchev–Trinajstić information content (AvgIpc) is 3.15. The molecule has 1 fully saturated rings. The van der Waals surface area contributed by atoms with Gasteiger partial charge in [-0.25, -0.2) is 4.79 Å². The Morgan fingerprint density at radius 2 is 2.04 bits per heavy atom. The Morgan fingerprint density at radius 3 is 2.78 bits per heavy atom. The number of hydrogen-bond acceptors (Lipinski definition) is 7. The molecule has 27 heavy (non-hydrogen) atoms. The van der Waals surface area contributed by atoms with Crippen molar-refractivity contribution < 1.29 is 14.3 Å². The van der Waals surface area contributed by atoms with Crippen molar-refractivity contribution in [3.63, 3.8) is 0 Å². The van der Waals surface area contributed by atoms with E-state index >= 15 is 0 Å². The molecule has 2 heterocycles. The highest BCUT2D eigenvalue weighted by atomic mass is 32.2. The van der Waals surface area contributed by atoms with Gasteiger partial charge in [-0.05, 0) is 55.7 Å². The van der Waals surface area contributed by atoms with E-state index in [9.17, 15) is 9.59 Å². The number of hydrogen-bond donors (Lipinski definition) is 0. The lowest BCUT2D eigenvalue weighted by atomic mass is 10.0. The number of rotatable bonds is 6. The molecule has 1 aromatic heterocycles. The summed E-state index contributed by atoms with van der Waals surface area (Å²) in [4.78, 5) is 26.5. The van der Waals surface area contributed by atoms with Crippen LogP contribution in [0.3, 0.4) is 0 Å². The van der Waals surface area contributed by atoms with Crippen molar-refractivity contribution in [1.29, 1.82) is 0 Å². The molecule has 0 saturated carbocycles. The van der Waals surface area contributed by atoms with Crippen molar-refractivity contribution in [3.8, 4) is 5.69 Å². The van der Waals surface area contributed by atoms with E-state index in [2.05, 4.69) is 15.5 Å². The van der Waals surface area contributed by atoms with Gasteiger partial charge >= 0.3 is 5.97 Å². The van der Waals surface area contributed by atoms with Crippen molar-refractivity contribution in [2.45, 2.75) is 44.3 Å². The van der Waals surface area contributed by atoms with E-state index in [1.54, 1.807) is 16.5 Å². The number of piperidine rings is 1. The van der Waals surface area contributed by atoms with Crippen LogP contribution in [-0.2, 0) is 14.3 Å². The molecule has 8 nitrogen and oxygen atoms in total. The highest BCUT2D eigenvalue weighted by Gasteiger charge is 2.33. The van der Waals surface area contributed by atoms with E-state index < -0.39 is 6.04 Å². The predicted octanol–water partition coefficient (Wildman–Crippen LogP) is 2.01. The van der Waals surface area contributed by atoms with Gasteiger partial charge in [-0.1, -0.05) is 29.5 Å². The summed E-state index contributed by atoms with van der Waals surface area (Å²) in [6.07, 6.45) is 2.47. The number of benzene rings is 1. The monoisotopic (exact) mass is 389 g/mol.